The van der Waals surface area contributed by atoms with Gasteiger partial charge in [0.2, 0.25) is 0 Å². The van der Waals surface area contributed by atoms with E-state index in [1.165, 1.54) is 0 Å². The summed E-state index contributed by atoms with van der Waals surface area (Å²) in [6.45, 7) is 7.48. The third-order valence-corrected chi connectivity index (χ3v) is 6.74. The molecule has 1 saturated heterocycles. The van der Waals surface area contributed by atoms with Crippen LogP contribution < -0.4 is 14.8 Å². The maximum atomic E-state index is 6.14. The van der Waals surface area contributed by atoms with E-state index in [0.717, 1.165) is 72.7 Å². The Balaban J connectivity index is 0.00000387. The summed E-state index contributed by atoms with van der Waals surface area (Å²) in [5.74, 6) is 2.01. The van der Waals surface area contributed by atoms with Crippen molar-refractivity contribution >= 4 is 45.1 Å². The van der Waals surface area contributed by atoms with E-state index in [9.17, 15) is 0 Å². The minimum absolute atomic E-state index is 0. The highest BCUT2D eigenvalue weighted by atomic mass is 79.9. The number of morpholine rings is 1. The van der Waals surface area contributed by atoms with E-state index in [0.29, 0.717) is 30.5 Å². The van der Waals surface area contributed by atoms with Crippen molar-refractivity contribution in [3.8, 4) is 11.5 Å². The SMILES string of the molecule is Br.COc1cc2ncnc(Nc3ccc(C(C)=NOCc4ccccc4)cc3)c2cc1OCCCN1CCOCC1. The largest absolute Gasteiger partial charge is 0.493 e. The highest BCUT2D eigenvalue weighted by molar-refractivity contribution is 8.93. The summed E-state index contributed by atoms with van der Waals surface area (Å²) in [6.07, 6.45) is 2.46. The van der Waals surface area contributed by atoms with E-state index >= 15 is 0 Å². The molecule has 0 spiro atoms. The molecule has 0 aliphatic carbocycles. The number of ether oxygens (including phenoxy) is 3. The summed E-state index contributed by atoms with van der Waals surface area (Å²) in [5.41, 5.74) is 4.52. The Morgan fingerprint density at radius 1 is 1.00 bits per heavy atom. The molecular formula is C31H36BrN5O4. The van der Waals surface area contributed by atoms with Crippen molar-refractivity contribution in [3.63, 3.8) is 0 Å². The maximum absolute atomic E-state index is 6.14. The van der Waals surface area contributed by atoms with Gasteiger partial charge < -0.3 is 24.4 Å². The van der Waals surface area contributed by atoms with Crippen LogP contribution in [0.25, 0.3) is 10.9 Å². The van der Waals surface area contributed by atoms with Crippen LogP contribution in [0.2, 0.25) is 0 Å². The Hall–Kier alpha value is -3.73. The zero-order valence-electron chi connectivity index (χ0n) is 23.4. The van der Waals surface area contributed by atoms with Crippen molar-refractivity contribution in [3.05, 3.63) is 84.2 Å². The Labute approximate surface area is 251 Å². The van der Waals surface area contributed by atoms with Crippen LogP contribution in [-0.2, 0) is 16.2 Å². The van der Waals surface area contributed by atoms with Crippen LogP contribution in [0.5, 0.6) is 11.5 Å². The fraction of sp³-hybridized carbons (Fsp3) is 0.323. The minimum atomic E-state index is 0. The lowest BCUT2D eigenvalue weighted by Gasteiger charge is -2.26. The van der Waals surface area contributed by atoms with Gasteiger partial charge in [0.15, 0.2) is 11.5 Å². The predicted molar refractivity (Wildman–Crippen MR) is 167 cm³/mol. The molecule has 0 atom stereocenters. The van der Waals surface area contributed by atoms with Crippen LogP contribution in [0, 0.1) is 0 Å². The summed E-state index contributed by atoms with van der Waals surface area (Å²) in [6, 6.07) is 21.8. The molecule has 1 N–H and O–H groups in total. The molecule has 5 rings (SSSR count). The second kappa shape index (κ2) is 15.3. The van der Waals surface area contributed by atoms with Gasteiger partial charge in [-0.15, -0.1) is 17.0 Å². The van der Waals surface area contributed by atoms with Crippen molar-refractivity contribution in [2.45, 2.75) is 20.0 Å². The van der Waals surface area contributed by atoms with Gasteiger partial charge in [0, 0.05) is 36.8 Å². The summed E-state index contributed by atoms with van der Waals surface area (Å²) >= 11 is 0. The normalized spacial score (nSPS) is 13.9. The molecule has 0 bridgehead atoms. The number of oxime groups is 1. The van der Waals surface area contributed by atoms with Crippen molar-refractivity contribution in [1.29, 1.82) is 0 Å². The molecule has 4 aromatic rings. The van der Waals surface area contributed by atoms with E-state index in [1.54, 1.807) is 13.4 Å². The first-order valence-electron chi connectivity index (χ1n) is 13.5. The molecule has 1 fully saturated rings. The Kier molecular flexibility index (Phi) is 11.3. The average Bonchev–Trinajstić information content (AvgIpc) is 3.00. The van der Waals surface area contributed by atoms with Gasteiger partial charge in [-0.25, -0.2) is 9.97 Å². The molecule has 10 heteroatoms. The molecule has 0 radical (unpaired) electrons. The zero-order chi connectivity index (χ0) is 27.6. The standard InChI is InChI=1S/C31H35N5O4.BrH/c1-23(35-40-21-24-7-4-3-5-8-24)25-9-11-26(12-10-25)34-31-27-19-30(29(37-2)20-28(27)32-22-33-31)39-16-6-13-36-14-17-38-18-15-36;/h3-5,7-12,19-20,22H,6,13-18,21H2,1-2H3,(H,32,33,34);1H. The third-order valence-electron chi connectivity index (χ3n) is 6.74. The Bertz CT molecular complexity index is 1410. The van der Waals surface area contributed by atoms with E-state index in [-0.39, 0.29) is 17.0 Å². The fourth-order valence-electron chi connectivity index (χ4n) is 4.49. The highest BCUT2D eigenvalue weighted by Gasteiger charge is 2.13. The maximum Gasteiger partial charge on any atom is 0.162 e. The van der Waals surface area contributed by atoms with Gasteiger partial charge in [0.25, 0.3) is 0 Å². The Morgan fingerprint density at radius 3 is 2.54 bits per heavy atom. The molecule has 2 heterocycles. The first kappa shape index (κ1) is 30.2. The molecule has 0 amide bonds. The number of rotatable bonds is 12. The second-order valence-corrected chi connectivity index (χ2v) is 9.54. The minimum Gasteiger partial charge on any atom is -0.493 e. The molecule has 1 aliphatic heterocycles. The van der Waals surface area contributed by atoms with Crippen LogP contribution in [-0.4, -0.2) is 67.1 Å². The monoisotopic (exact) mass is 621 g/mol. The topological polar surface area (TPSA) is 90.3 Å². The highest BCUT2D eigenvalue weighted by Crippen LogP contribution is 2.35. The van der Waals surface area contributed by atoms with Gasteiger partial charge in [-0.3, -0.25) is 4.90 Å². The predicted octanol–water partition coefficient (Wildman–Crippen LogP) is 6.00. The van der Waals surface area contributed by atoms with Crippen LogP contribution in [0.1, 0.15) is 24.5 Å². The van der Waals surface area contributed by atoms with Crippen molar-refractivity contribution in [2.75, 3.05) is 51.9 Å². The summed E-state index contributed by atoms with van der Waals surface area (Å²) < 4.78 is 17.2. The quantitative estimate of drug-likeness (QED) is 0.117. The van der Waals surface area contributed by atoms with Gasteiger partial charge in [-0.2, -0.15) is 0 Å². The summed E-state index contributed by atoms with van der Waals surface area (Å²) in [4.78, 5) is 16.9. The van der Waals surface area contributed by atoms with Crippen LogP contribution >= 0.6 is 17.0 Å². The molecule has 1 aliphatic rings. The van der Waals surface area contributed by atoms with Gasteiger partial charge in [-0.05, 0) is 42.7 Å². The van der Waals surface area contributed by atoms with Crippen molar-refractivity contribution in [1.82, 2.24) is 14.9 Å². The first-order valence-corrected chi connectivity index (χ1v) is 13.5. The van der Waals surface area contributed by atoms with E-state index in [4.69, 9.17) is 19.0 Å². The number of fused-ring (bicyclic) bond motifs is 1. The second-order valence-electron chi connectivity index (χ2n) is 9.54. The van der Waals surface area contributed by atoms with E-state index in [2.05, 4.69) is 25.3 Å². The number of nitrogens with one attached hydrogen (secondary N) is 1. The van der Waals surface area contributed by atoms with Gasteiger partial charge in [-0.1, -0.05) is 47.6 Å². The molecule has 216 valence electrons. The molecular weight excluding hydrogens is 586 g/mol. The van der Waals surface area contributed by atoms with Crippen molar-refractivity contribution < 1.29 is 19.0 Å². The van der Waals surface area contributed by atoms with Gasteiger partial charge in [0.05, 0.1) is 38.2 Å². The first-order chi connectivity index (χ1) is 19.7. The average molecular weight is 623 g/mol. The number of hydrogen-bond acceptors (Lipinski definition) is 9. The van der Waals surface area contributed by atoms with Gasteiger partial charge >= 0.3 is 0 Å². The van der Waals surface area contributed by atoms with E-state index < -0.39 is 0 Å². The molecule has 1 aromatic heterocycles. The van der Waals surface area contributed by atoms with Crippen LogP contribution in [0.3, 0.4) is 0 Å². The summed E-state index contributed by atoms with van der Waals surface area (Å²) in [5, 5.41) is 8.53. The summed E-state index contributed by atoms with van der Waals surface area (Å²) in [7, 11) is 1.64. The lowest BCUT2D eigenvalue weighted by molar-refractivity contribution is 0.0357. The number of benzene rings is 3. The lowest BCUT2D eigenvalue weighted by atomic mass is 10.1. The number of nitrogens with zero attached hydrogens (tertiary/aromatic N) is 4. The number of halogens is 1. The zero-order valence-corrected chi connectivity index (χ0v) is 25.1. The fourth-order valence-corrected chi connectivity index (χ4v) is 4.49. The third kappa shape index (κ3) is 8.39. The number of aromatic nitrogens is 2. The molecule has 3 aromatic carbocycles. The van der Waals surface area contributed by atoms with Gasteiger partial charge in [0.1, 0.15) is 18.8 Å². The van der Waals surface area contributed by atoms with E-state index in [1.807, 2.05) is 73.7 Å². The molecule has 9 nitrogen and oxygen atoms in total. The van der Waals surface area contributed by atoms with Crippen LogP contribution in [0.15, 0.2) is 78.2 Å². The molecule has 41 heavy (non-hydrogen) atoms. The smallest absolute Gasteiger partial charge is 0.162 e. The number of hydrogen-bond donors (Lipinski definition) is 1. The lowest BCUT2D eigenvalue weighted by Crippen LogP contribution is -2.37. The molecule has 0 unspecified atom stereocenters. The Morgan fingerprint density at radius 2 is 1.78 bits per heavy atom. The van der Waals surface area contributed by atoms with Crippen LogP contribution in [0.4, 0.5) is 11.5 Å². The number of methoxy groups -OCH3 is 1. The number of anilines is 2. The van der Waals surface area contributed by atoms with Crippen molar-refractivity contribution in [2.24, 2.45) is 5.16 Å². The molecule has 0 saturated carbocycles.